The lowest BCUT2D eigenvalue weighted by Gasteiger charge is -2.26. The second kappa shape index (κ2) is 6.39. The van der Waals surface area contributed by atoms with Crippen LogP contribution in [0.3, 0.4) is 0 Å². The Morgan fingerprint density at radius 2 is 2.26 bits per heavy atom. The summed E-state index contributed by atoms with van der Waals surface area (Å²) in [6.07, 6.45) is 5.91. The molecular weight excluding hydrogens is 320 g/mol. The van der Waals surface area contributed by atoms with Crippen LogP contribution in [0.2, 0.25) is 5.02 Å². The van der Waals surface area contributed by atoms with Gasteiger partial charge >= 0.3 is 6.09 Å². The minimum absolute atomic E-state index is 0.114. The number of rotatable bonds is 3. The molecule has 8 heteroatoms. The molecule has 0 radical (unpaired) electrons. The molecule has 1 amide bonds. The Bertz CT molecular complexity index is 642. The van der Waals surface area contributed by atoms with Crippen LogP contribution in [0.1, 0.15) is 39.0 Å². The average molecular weight is 341 g/mol. The van der Waals surface area contributed by atoms with Crippen LogP contribution in [-0.2, 0) is 4.74 Å². The van der Waals surface area contributed by atoms with Crippen LogP contribution in [0, 0.1) is 0 Å². The molecule has 1 aliphatic carbocycles. The van der Waals surface area contributed by atoms with E-state index in [1.54, 1.807) is 0 Å². The molecule has 0 bridgehead atoms. The molecule has 2 N–H and O–H groups in total. The molecule has 2 fully saturated rings. The Morgan fingerprint density at radius 3 is 3.00 bits per heavy atom. The predicted octanol–water partition coefficient (Wildman–Crippen LogP) is 2.06. The maximum atomic E-state index is 12.1. The SMILES string of the molecule is CC1(NC(=O)O[C@@H]2CCN(c3cn[nH]c(=O)c3Cl)C2)CCCC1. The zero-order valence-corrected chi connectivity index (χ0v) is 13.9. The summed E-state index contributed by atoms with van der Waals surface area (Å²) in [7, 11) is 0. The van der Waals surface area contributed by atoms with Gasteiger partial charge in [-0.1, -0.05) is 24.4 Å². The zero-order chi connectivity index (χ0) is 16.4. The maximum Gasteiger partial charge on any atom is 0.407 e. The molecule has 1 atom stereocenters. The van der Waals surface area contributed by atoms with Crippen LogP contribution in [0.25, 0.3) is 0 Å². The van der Waals surface area contributed by atoms with Gasteiger partial charge in [-0.2, -0.15) is 5.10 Å². The van der Waals surface area contributed by atoms with Crippen LogP contribution in [0.4, 0.5) is 10.5 Å². The zero-order valence-electron chi connectivity index (χ0n) is 13.1. The fourth-order valence-electron chi connectivity index (χ4n) is 3.35. The minimum atomic E-state index is -0.416. The summed E-state index contributed by atoms with van der Waals surface area (Å²) >= 11 is 6.01. The highest BCUT2D eigenvalue weighted by molar-refractivity contribution is 6.33. The van der Waals surface area contributed by atoms with Gasteiger partial charge in [0.1, 0.15) is 11.1 Å². The summed E-state index contributed by atoms with van der Waals surface area (Å²) in [5.41, 5.74) is 0.0140. The molecule has 7 nitrogen and oxygen atoms in total. The highest BCUT2D eigenvalue weighted by Crippen LogP contribution is 2.29. The predicted molar refractivity (Wildman–Crippen MR) is 87.0 cm³/mol. The maximum absolute atomic E-state index is 12.1. The summed E-state index contributed by atoms with van der Waals surface area (Å²) in [5, 5.41) is 9.16. The van der Waals surface area contributed by atoms with Gasteiger partial charge in [0, 0.05) is 18.5 Å². The van der Waals surface area contributed by atoms with Crippen molar-refractivity contribution >= 4 is 23.4 Å². The number of aromatic nitrogens is 2. The largest absolute Gasteiger partial charge is 0.444 e. The highest BCUT2D eigenvalue weighted by atomic mass is 35.5. The van der Waals surface area contributed by atoms with E-state index in [1.165, 1.54) is 6.20 Å². The van der Waals surface area contributed by atoms with Crippen LogP contribution >= 0.6 is 11.6 Å². The molecular formula is C15H21ClN4O3. The molecule has 1 aliphatic heterocycles. The van der Waals surface area contributed by atoms with E-state index in [-0.39, 0.29) is 22.8 Å². The van der Waals surface area contributed by atoms with E-state index >= 15 is 0 Å². The number of nitrogens with one attached hydrogen (secondary N) is 2. The van der Waals surface area contributed by atoms with Crippen molar-refractivity contribution in [3.63, 3.8) is 0 Å². The van der Waals surface area contributed by atoms with E-state index in [0.29, 0.717) is 25.2 Å². The summed E-state index contributed by atoms with van der Waals surface area (Å²) in [6.45, 7) is 3.24. The number of aromatic amines is 1. The average Bonchev–Trinajstić information content (AvgIpc) is 3.11. The van der Waals surface area contributed by atoms with Crippen molar-refractivity contribution in [2.24, 2.45) is 0 Å². The number of hydrogen-bond donors (Lipinski definition) is 2. The standard InChI is InChI=1S/C15H21ClN4O3/c1-15(5-2-3-6-15)18-14(22)23-10-4-7-20(9-10)11-8-17-19-13(21)12(11)16/h8,10H,2-7,9H2,1H3,(H,18,22)(H,19,21)/t10-/m1/s1. The normalized spacial score (nSPS) is 23.0. The van der Waals surface area contributed by atoms with Gasteiger partial charge in [-0.3, -0.25) is 4.79 Å². The molecule has 23 heavy (non-hydrogen) atoms. The number of anilines is 1. The Kier molecular flexibility index (Phi) is 4.48. The minimum Gasteiger partial charge on any atom is -0.444 e. The topological polar surface area (TPSA) is 87.3 Å². The molecule has 2 aliphatic rings. The number of ether oxygens (including phenoxy) is 1. The number of hydrogen-bond acceptors (Lipinski definition) is 5. The van der Waals surface area contributed by atoms with Crippen molar-refractivity contribution in [3.05, 3.63) is 21.6 Å². The van der Waals surface area contributed by atoms with Crippen molar-refractivity contribution in [1.82, 2.24) is 15.5 Å². The molecule has 1 aromatic rings. The van der Waals surface area contributed by atoms with E-state index in [0.717, 1.165) is 25.7 Å². The number of nitrogens with zero attached hydrogens (tertiary/aromatic N) is 2. The van der Waals surface area contributed by atoms with Gasteiger partial charge in [0.25, 0.3) is 5.56 Å². The first-order valence-corrected chi connectivity index (χ1v) is 8.32. The number of carbonyl (C=O) groups excluding carboxylic acids is 1. The van der Waals surface area contributed by atoms with Crippen LogP contribution in [-0.4, -0.2) is 41.0 Å². The second-order valence-electron chi connectivity index (χ2n) is 6.55. The van der Waals surface area contributed by atoms with Gasteiger partial charge in [0.2, 0.25) is 0 Å². The van der Waals surface area contributed by atoms with E-state index in [2.05, 4.69) is 22.4 Å². The van der Waals surface area contributed by atoms with Crippen molar-refractivity contribution < 1.29 is 9.53 Å². The van der Waals surface area contributed by atoms with Crippen molar-refractivity contribution in [2.75, 3.05) is 18.0 Å². The molecule has 1 aromatic heterocycles. The lowest BCUT2D eigenvalue weighted by molar-refractivity contribution is 0.0989. The summed E-state index contributed by atoms with van der Waals surface area (Å²) in [4.78, 5) is 25.5. The van der Waals surface area contributed by atoms with Crippen LogP contribution in [0.5, 0.6) is 0 Å². The van der Waals surface area contributed by atoms with Gasteiger partial charge in [-0.05, 0) is 19.8 Å². The van der Waals surface area contributed by atoms with E-state index < -0.39 is 5.56 Å². The summed E-state index contributed by atoms with van der Waals surface area (Å²) < 4.78 is 5.52. The highest BCUT2D eigenvalue weighted by Gasteiger charge is 2.33. The summed E-state index contributed by atoms with van der Waals surface area (Å²) in [5.74, 6) is 0. The first-order chi connectivity index (χ1) is 11.0. The molecule has 1 saturated heterocycles. The Morgan fingerprint density at radius 1 is 1.52 bits per heavy atom. The molecule has 1 saturated carbocycles. The first-order valence-electron chi connectivity index (χ1n) is 7.94. The number of alkyl carbamates (subject to hydrolysis) is 1. The fraction of sp³-hybridized carbons (Fsp3) is 0.667. The number of amides is 1. The van der Waals surface area contributed by atoms with E-state index in [1.807, 2.05) is 4.90 Å². The van der Waals surface area contributed by atoms with Gasteiger partial charge in [-0.15, -0.1) is 0 Å². The van der Waals surface area contributed by atoms with Gasteiger partial charge < -0.3 is 15.0 Å². The molecule has 3 rings (SSSR count). The monoisotopic (exact) mass is 340 g/mol. The fourth-order valence-corrected chi connectivity index (χ4v) is 3.56. The van der Waals surface area contributed by atoms with Crippen LogP contribution < -0.4 is 15.8 Å². The van der Waals surface area contributed by atoms with Gasteiger partial charge in [0.15, 0.2) is 0 Å². The Hall–Kier alpha value is -1.76. The lowest BCUT2D eigenvalue weighted by atomic mass is 10.0. The number of carbonyl (C=O) groups is 1. The van der Waals surface area contributed by atoms with E-state index in [9.17, 15) is 9.59 Å². The molecule has 0 unspecified atom stereocenters. The van der Waals surface area contributed by atoms with Crippen LogP contribution in [0.15, 0.2) is 11.0 Å². The van der Waals surface area contributed by atoms with Gasteiger partial charge in [-0.25, -0.2) is 9.89 Å². The Labute approximate surface area is 139 Å². The van der Waals surface area contributed by atoms with Crippen molar-refractivity contribution in [3.8, 4) is 0 Å². The molecule has 0 spiro atoms. The molecule has 2 heterocycles. The Balaban J connectivity index is 1.56. The quantitative estimate of drug-likeness (QED) is 0.879. The summed E-state index contributed by atoms with van der Waals surface area (Å²) in [6, 6.07) is 0. The third-order valence-corrected chi connectivity index (χ3v) is 5.01. The third-order valence-electron chi connectivity index (χ3n) is 4.65. The second-order valence-corrected chi connectivity index (χ2v) is 6.93. The lowest BCUT2D eigenvalue weighted by Crippen LogP contribution is -2.45. The first kappa shape index (κ1) is 16.1. The van der Waals surface area contributed by atoms with Crippen molar-refractivity contribution in [1.29, 1.82) is 0 Å². The van der Waals surface area contributed by atoms with Crippen molar-refractivity contribution in [2.45, 2.75) is 50.7 Å². The van der Waals surface area contributed by atoms with E-state index in [4.69, 9.17) is 16.3 Å². The van der Waals surface area contributed by atoms with Gasteiger partial charge in [0.05, 0.1) is 18.4 Å². The number of H-pyrrole nitrogens is 1. The molecule has 0 aromatic carbocycles. The molecule has 126 valence electrons. The number of halogens is 1. The smallest absolute Gasteiger partial charge is 0.407 e. The third kappa shape index (κ3) is 3.60.